The van der Waals surface area contributed by atoms with Crippen LogP contribution in [0.1, 0.15) is 46.6 Å². The molecular weight excluding hydrogens is 382 g/mol. The number of carbonyl (C=O) groups excluding carboxylic acids is 1. The Bertz CT molecular complexity index is 1420. The van der Waals surface area contributed by atoms with Gasteiger partial charge in [-0.05, 0) is 48.9 Å². The highest BCUT2D eigenvalue weighted by Gasteiger charge is 2.41. The van der Waals surface area contributed by atoms with E-state index in [4.69, 9.17) is 4.98 Å². The molecule has 4 heteroatoms. The van der Waals surface area contributed by atoms with Crippen molar-refractivity contribution >= 4 is 33.4 Å². The van der Waals surface area contributed by atoms with Gasteiger partial charge in [0.2, 0.25) is 0 Å². The van der Waals surface area contributed by atoms with Crippen molar-refractivity contribution in [1.82, 2.24) is 14.9 Å². The fourth-order valence-corrected chi connectivity index (χ4v) is 5.23. The van der Waals surface area contributed by atoms with Crippen LogP contribution in [0.5, 0.6) is 0 Å². The fourth-order valence-electron chi connectivity index (χ4n) is 5.23. The lowest BCUT2D eigenvalue weighted by Gasteiger charge is -2.30. The van der Waals surface area contributed by atoms with E-state index in [-0.39, 0.29) is 11.3 Å². The standard InChI is InChI=1S/C27H25N3O/c1-16-8-9-21-19(12-16)24-25-22(29-21)13-27(2,3)14-23(25)30(26(24)31)11-10-17-15-28-20-7-5-4-6-18(17)20/h4-9,12,14-15,28H,10-11,13H2,1-3H3. The van der Waals surface area contributed by atoms with E-state index in [1.807, 2.05) is 17.0 Å². The summed E-state index contributed by atoms with van der Waals surface area (Å²) in [7, 11) is 0. The number of aromatic nitrogens is 2. The minimum absolute atomic E-state index is 0.0331. The van der Waals surface area contributed by atoms with Gasteiger partial charge in [-0.1, -0.05) is 49.8 Å². The number of carbonyl (C=O) groups is 1. The Morgan fingerprint density at radius 2 is 1.94 bits per heavy atom. The van der Waals surface area contributed by atoms with Crippen LogP contribution in [0.2, 0.25) is 0 Å². The molecule has 0 saturated carbocycles. The van der Waals surface area contributed by atoms with Crippen LogP contribution in [0.15, 0.2) is 54.7 Å². The molecule has 1 aliphatic heterocycles. The molecule has 0 saturated heterocycles. The second-order valence-electron chi connectivity index (χ2n) is 9.59. The smallest absolute Gasteiger partial charge is 0.259 e. The Hall–Kier alpha value is -3.40. The molecule has 0 atom stereocenters. The first-order valence-corrected chi connectivity index (χ1v) is 10.9. The zero-order valence-corrected chi connectivity index (χ0v) is 18.1. The third-order valence-electron chi connectivity index (χ3n) is 6.65. The summed E-state index contributed by atoms with van der Waals surface area (Å²) in [6.45, 7) is 7.18. The van der Waals surface area contributed by atoms with Gasteiger partial charge in [-0.15, -0.1) is 0 Å². The number of pyridine rings is 1. The second-order valence-corrected chi connectivity index (χ2v) is 9.59. The summed E-state index contributed by atoms with van der Waals surface area (Å²) in [4.78, 5) is 24.1. The highest BCUT2D eigenvalue weighted by molar-refractivity contribution is 6.17. The molecule has 2 aromatic heterocycles. The van der Waals surface area contributed by atoms with Crippen molar-refractivity contribution in [2.75, 3.05) is 6.54 Å². The highest BCUT2D eigenvalue weighted by Crippen LogP contribution is 2.46. The van der Waals surface area contributed by atoms with Gasteiger partial charge < -0.3 is 9.88 Å². The van der Waals surface area contributed by atoms with Crippen LogP contribution in [-0.4, -0.2) is 27.3 Å². The van der Waals surface area contributed by atoms with Crippen LogP contribution >= 0.6 is 0 Å². The molecule has 1 amide bonds. The number of aromatic amines is 1. The summed E-state index contributed by atoms with van der Waals surface area (Å²) in [5.74, 6) is 0.109. The van der Waals surface area contributed by atoms with Gasteiger partial charge in [0.1, 0.15) is 0 Å². The minimum atomic E-state index is -0.0331. The third kappa shape index (κ3) is 2.74. The quantitative estimate of drug-likeness (QED) is 0.477. The highest BCUT2D eigenvalue weighted by atomic mass is 16.2. The molecule has 0 bridgehead atoms. The van der Waals surface area contributed by atoms with Gasteiger partial charge in [-0.2, -0.15) is 0 Å². The minimum Gasteiger partial charge on any atom is -0.361 e. The normalized spacial score (nSPS) is 16.8. The van der Waals surface area contributed by atoms with E-state index in [9.17, 15) is 4.79 Å². The third-order valence-corrected chi connectivity index (χ3v) is 6.65. The second kappa shape index (κ2) is 6.30. The number of para-hydroxylation sites is 1. The molecule has 0 fully saturated rings. The number of benzene rings is 2. The largest absolute Gasteiger partial charge is 0.361 e. The molecule has 0 unspecified atom stereocenters. The Kier molecular flexibility index (Phi) is 3.73. The molecule has 4 nitrogen and oxygen atoms in total. The van der Waals surface area contributed by atoms with E-state index in [2.05, 4.69) is 68.4 Å². The molecule has 31 heavy (non-hydrogen) atoms. The predicted octanol–water partition coefficient (Wildman–Crippen LogP) is 5.65. The summed E-state index contributed by atoms with van der Waals surface area (Å²) < 4.78 is 0. The van der Waals surface area contributed by atoms with Crippen LogP contribution in [0.4, 0.5) is 0 Å². The van der Waals surface area contributed by atoms with E-state index < -0.39 is 0 Å². The molecule has 2 aromatic carbocycles. The lowest BCUT2D eigenvalue weighted by atomic mass is 9.79. The van der Waals surface area contributed by atoms with Crippen molar-refractivity contribution < 1.29 is 4.79 Å². The Labute approximate surface area is 181 Å². The van der Waals surface area contributed by atoms with Crippen molar-refractivity contribution in [2.24, 2.45) is 5.41 Å². The van der Waals surface area contributed by atoms with Crippen LogP contribution in [0, 0.1) is 12.3 Å². The molecule has 0 radical (unpaired) electrons. The summed E-state index contributed by atoms with van der Waals surface area (Å²) in [6, 6.07) is 14.6. The maximum absolute atomic E-state index is 13.8. The average molecular weight is 408 g/mol. The SMILES string of the molecule is Cc1ccc2nc3c4c(c2c1)C(=O)N(CCc1c[nH]c2ccccc12)C4=CC(C)(C)C3. The number of fused-ring (bicyclic) bond motifs is 3. The molecule has 3 heterocycles. The monoisotopic (exact) mass is 407 g/mol. The molecule has 2 aliphatic rings. The van der Waals surface area contributed by atoms with Gasteiger partial charge in [0.05, 0.1) is 22.5 Å². The number of hydrogen-bond acceptors (Lipinski definition) is 2. The molecule has 6 rings (SSSR count). The van der Waals surface area contributed by atoms with Crippen molar-refractivity contribution in [3.05, 3.63) is 82.7 Å². The number of amides is 1. The van der Waals surface area contributed by atoms with Gasteiger partial charge in [0.25, 0.3) is 5.91 Å². The number of allylic oxidation sites excluding steroid dienone is 1. The predicted molar refractivity (Wildman–Crippen MR) is 125 cm³/mol. The number of nitrogens with one attached hydrogen (secondary N) is 1. The Morgan fingerprint density at radius 1 is 1.10 bits per heavy atom. The van der Waals surface area contributed by atoms with E-state index in [1.54, 1.807) is 0 Å². The van der Waals surface area contributed by atoms with E-state index in [0.29, 0.717) is 6.54 Å². The van der Waals surface area contributed by atoms with Crippen molar-refractivity contribution in [3.63, 3.8) is 0 Å². The first-order chi connectivity index (χ1) is 14.9. The van der Waals surface area contributed by atoms with E-state index >= 15 is 0 Å². The summed E-state index contributed by atoms with van der Waals surface area (Å²) in [5.41, 5.74) is 8.41. The average Bonchev–Trinajstić information content (AvgIpc) is 3.26. The first kappa shape index (κ1) is 18.4. The Balaban J connectivity index is 1.46. The van der Waals surface area contributed by atoms with Crippen molar-refractivity contribution in [1.29, 1.82) is 0 Å². The van der Waals surface area contributed by atoms with E-state index in [1.165, 1.54) is 10.9 Å². The van der Waals surface area contributed by atoms with Gasteiger partial charge in [-0.3, -0.25) is 9.78 Å². The fraction of sp³-hybridized carbons (Fsp3) is 0.259. The van der Waals surface area contributed by atoms with Crippen LogP contribution < -0.4 is 0 Å². The topological polar surface area (TPSA) is 49.0 Å². The maximum atomic E-state index is 13.8. The van der Waals surface area contributed by atoms with Gasteiger partial charge in [0.15, 0.2) is 0 Å². The molecule has 1 aliphatic carbocycles. The van der Waals surface area contributed by atoms with Crippen LogP contribution in [0.3, 0.4) is 0 Å². The van der Waals surface area contributed by atoms with Crippen LogP contribution in [-0.2, 0) is 12.8 Å². The van der Waals surface area contributed by atoms with E-state index in [0.717, 1.165) is 57.3 Å². The molecule has 154 valence electrons. The number of nitrogens with zero attached hydrogens (tertiary/aromatic N) is 2. The van der Waals surface area contributed by atoms with Crippen molar-refractivity contribution in [2.45, 2.75) is 33.6 Å². The van der Waals surface area contributed by atoms with Gasteiger partial charge in [0, 0.05) is 34.6 Å². The Morgan fingerprint density at radius 3 is 2.81 bits per heavy atom. The summed E-state index contributed by atoms with van der Waals surface area (Å²) in [5, 5.41) is 2.21. The summed E-state index contributed by atoms with van der Waals surface area (Å²) in [6.07, 6.45) is 6.01. The number of H-pyrrole nitrogens is 1. The zero-order valence-electron chi connectivity index (χ0n) is 18.1. The molecule has 4 aromatic rings. The van der Waals surface area contributed by atoms with Gasteiger partial charge >= 0.3 is 0 Å². The van der Waals surface area contributed by atoms with Gasteiger partial charge in [-0.25, -0.2) is 0 Å². The molecule has 0 spiro atoms. The van der Waals surface area contributed by atoms with Crippen LogP contribution in [0.25, 0.3) is 27.5 Å². The summed E-state index contributed by atoms with van der Waals surface area (Å²) >= 11 is 0. The number of hydrogen-bond donors (Lipinski definition) is 1. The lowest BCUT2D eigenvalue weighted by Crippen LogP contribution is -2.28. The maximum Gasteiger partial charge on any atom is 0.259 e. The number of aryl methyl sites for hydroxylation is 1. The zero-order chi connectivity index (χ0) is 21.3. The van der Waals surface area contributed by atoms with Crippen molar-refractivity contribution in [3.8, 4) is 0 Å². The lowest BCUT2D eigenvalue weighted by molar-refractivity contribution is 0.0852. The number of rotatable bonds is 3. The molecular formula is C27H25N3O. The first-order valence-electron chi connectivity index (χ1n) is 10.9. The molecule has 1 N–H and O–H groups in total.